The Labute approximate surface area is 92.8 Å². The number of rotatable bonds is 1. The predicted molar refractivity (Wildman–Crippen MR) is 36.1 cm³/mol. The first-order chi connectivity index (χ1) is 4.37. The van der Waals surface area contributed by atoms with Crippen molar-refractivity contribution in [3.05, 3.63) is 0 Å². The second-order valence-corrected chi connectivity index (χ2v) is 3.71. The molecule has 0 rings (SSSR count). The van der Waals surface area contributed by atoms with E-state index in [1.807, 2.05) is 0 Å². The van der Waals surface area contributed by atoms with E-state index in [1.54, 1.807) is 0 Å². The summed E-state index contributed by atoms with van der Waals surface area (Å²) >= 11 is -2.61. The molecule has 7 nitrogen and oxygen atoms in total. The van der Waals surface area contributed by atoms with Crippen molar-refractivity contribution in [2.45, 2.75) is 0 Å². The average molecular weight is 236 g/mol. The Morgan fingerprint density at radius 2 is 0.909 bits per heavy atom. The zero-order valence-corrected chi connectivity index (χ0v) is 9.69. The van der Waals surface area contributed by atoms with Gasteiger partial charge in [-0.25, -0.2) is 8.42 Å². The number of hydrogen-bond acceptors (Lipinski definition) is 3. The Kier molecular flexibility index (Phi) is 18.6. The van der Waals surface area contributed by atoms with Gasteiger partial charge in [-0.15, -0.1) is 0 Å². The molecule has 0 aromatic carbocycles. The Morgan fingerprint density at radius 3 is 0.909 bits per heavy atom. The van der Waals surface area contributed by atoms with Gasteiger partial charge in [0.25, 0.3) is 31.6 Å². The third kappa shape index (κ3) is 34.8. The van der Waals surface area contributed by atoms with Crippen molar-refractivity contribution in [3.63, 3.8) is 0 Å². The number of hydrogen-bond donors (Lipinski definition) is 4. The summed E-state index contributed by atoms with van der Waals surface area (Å²) < 4.78 is 56.5. The second kappa shape index (κ2) is 11.3. The summed E-state index contributed by atoms with van der Waals surface area (Å²) in [6.45, 7) is 0. The summed E-state index contributed by atoms with van der Waals surface area (Å²) in [5.41, 5.74) is 0. The van der Waals surface area contributed by atoms with Crippen LogP contribution < -0.4 is 29.6 Å². The Hall–Kier alpha value is 1.29. The first-order valence-corrected chi connectivity index (χ1v) is 5.19. The van der Waals surface area contributed by atoms with Gasteiger partial charge in [-0.05, 0) is 0 Å². The van der Waals surface area contributed by atoms with Crippen LogP contribution >= 0.6 is 0 Å². The molecule has 0 aromatic rings. The van der Waals surface area contributed by atoms with Gasteiger partial charge in [-0.3, -0.25) is 18.2 Å². The van der Waals surface area contributed by atoms with E-state index in [9.17, 15) is 8.42 Å². The second-order valence-electron chi connectivity index (χ2n) is 0.665. The van der Waals surface area contributed by atoms with E-state index < -0.39 is 31.6 Å². The van der Waals surface area contributed by atoms with Gasteiger partial charge in [0.2, 0.25) is 0 Å². The molecule has 0 bridgehead atoms. The fourth-order valence-corrected chi connectivity index (χ4v) is 0. The molecule has 2 unspecified atom stereocenters. The van der Waals surface area contributed by atoms with Gasteiger partial charge in [0, 0.05) is 0 Å². The van der Waals surface area contributed by atoms with Crippen LogP contribution in [-0.2, 0) is 31.6 Å². The summed E-state index contributed by atoms with van der Waals surface area (Å²) in [4.78, 5) is 0. The molecule has 0 aliphatic rings. The van der Waals surface area contributed by atoms with Crippen molar-refractivity contribution in [2.75, 3.05) is 0 Å². The van der Waals surface area contributed by atoms with Gasteiger partial charge in [0.15, 0.2) is 0 Å². The van der Waals surface area contributed by atoms with E-state index in [0.29, 0.717) is 0 Å². The zero-order chi connectivity index (χ0) is 8.73. The summed E-state index contributed by atoms with van der Waals surface area (Å²) in [6.07, 6.45) is 0. The molecule has 11 heteroatoms. The van der Waals surface area contributed by atoms with Crippen LogP contribution in [0.5, 0.6) is 0 Å². The van der Waals surface area contributed by atoms with Crippen LogP contribution in [0.1, 0.15) is 1.43 Å². The SMILES string of the molecule is O=S(O)O.O=S(O)S(=O)O.[H-].[Na+]. The molecule has 0 fully saturated rings. The molecular weight excluding hydrogens is 231 g/mol. The van der Waals surface area contributed by atoms with Gasteiger partial charge in [-0.1, -0.05) is 0 Å². The van der Waals surface area contributed by atoms with E-state index in [-0.39, 0.29) is 31.0 Å². The molecule has 0 heterocycles. The molecule has 0 aliphatic heterocycles. The van der Waals surface area contributed by atoms with Crippen LogP contribution in [0.15, 0.2) is 0 Å². The van der Waals surface area contributed by atoms with E-state index in [4.69, 9.17) is 22.4 Å². The molecule has 2 atom stereocenters. The molecule has 11 heavy (non-hydrogen) atoms. The summed E-state index contributed by atoms with van der Waals surface area (Å²) in [5.74, 6) is 0. The van der Waals surface area contributed by atoms with Crippen LogP contribution in [0, 0.1) is 0 Å². The fourth-order valence-electron chi connectivity index (χ4n) is 0. The van der Waals surface area contributed by atoms with Gasteiger partial charge >= 0.3 is 29.6 Å². The molecule has 0 aliphatic carbocycles. The smallest absolute Gasteiger partial charge is 1.00 e. The van der Waals surface area contributed by atoms with E-state index in [2.05, 4.69) is 0 Å². The molecule has 0 saturated carbocycles. The summed E-state index contributed by atoms with van der Waals surface area (Å²) in [7, 11) is -5.18. The van der Waals surface area contributed by atoms with Gasteiger partial charge in [-0.2, -0.15) is 4.21 Å². The van der Waals surface area contributed by atoms with Crippen LogP contribution in [0.4, 0.5) is 0 Å². The van der Waals surface area contributed by atoms with E-state index in [1.165, 1.54) is 0 Å². The summed E-state index contributed by atoms with van der Waals surface area (Å²) in [5, 5.41) is 0. The van der Waals surface area contributed by atoms with Crippen molar-refractivity contribution < 1.29 is 61.8 Å². The third-order valence-corrected chi connectivity index (χ3v) is 1.10. The molecular formula is H5NaO7S3. The van der Waals surface area contributed by atoms with Crippen molar-refractivity contribution in [2.24, 2.45) is 0 Å². The minimum absolute atomic E-state index is 0. The van der Waals surface area contributed by atoms with E-state index >= 15 is 0 Å². The first kappa shape index (κ1) is 18.2. The Morgan fingerprint density at radius 1 is 0.818 bits per heavy atom. The standard InChI is InChI=1S/Na.H2O4S2.H2O3S.H/c;1-5(2)6(3)4;1-4(2)3;/h;(H,1,2)(H,3,4);(H2,1,2,3);/q+1;;;-1. The van der Waals surface area contributed by atoms with Crippen molar-refractivity contribution >= 4 is 31.6 Å². The monoisotopic (exact) mass is 236 g/mol. The first-order valence-electron chi connectivity index (χ1n) is 1.40. The summed E-state index contributed by atoms with van der Waals surface area (Å²) in [6, 6.07) is 0. The molecule has 0 spiro atoms. The molecule has 0 radical (unpaired) electrons. The quantitative estimate of drug-likeness (QED) is 0.208. The Bertz CT molecular complexity index is 141. The van der Waals surface area contributed by atoms with Gasteiger partial charge in [0.05, 0.1) is 0 Å². The normalized spacial score (nSPS) is 13.9. The predicted octanol–water partition coefficient (Wildman–Crippen LogP) is -3.86. The molecule has 0 aromatic heterocycles. The van der Waals surface area contributed by atoms with Crippen molar-refractivity contribution in [1.29, 1.82) is 0 Å². The largest absolute Gasteiger partial charge is 1.00 e. The third-order valence-electron chi connectivity index (χ3n) is 0.122. The average Bonchev–Trinajstić information content (AvgIpc) is 1.63. The van der Waals surface area contributed by atoms with Gasteiger partial charge < -0.3 is 1.43 Å². The van der Waals surface area contributed by atoms with Crippen molar-refractivity contribution in [3.8, 4) is 0 Å². The minimum Gasteiger partial charge on any atom is -1.00 e. The molecule has 0 saturated heterocycles. The van der Waals surface area contributed by atoms with Crippen LogP contribution in [0.2, 0.25) is 0 Å². The fraction of sp³-hybridized carbons (Fsp3) is 0. The zero-order valence-electron chi connectivity index (χ0n) is 6.24. The maximum absolute atomic E-state index is 9.26. The van der Waals surface area contributed by atoms with Crippen LogP contribution in [-0.4, -0.2) is 30.8 Å². The van der Waals surface area contributed by atoms with Crippen LogP contribution in [0.25, 0.3) is 0 Å². The molecule has 4 N–H and O–H groups in total. The maximum atomic E-state index is 9.26. The van der Waals surface area contributed by atoms with Crippen molar-refractivity contribution in [1.82, 2.24) is 0 Å². The Balaban J connectivity index is -0.0000000483. The topological polar surface area (TPSA) is 132 Å². The molecule has 0 amide bonds. The minimum atomic E-state index is -2.61. The van der Waals surface area contributed by atoms with Gasteiger partial charge in [0.1, 0.15) is 0 Å². The van der Waals surface area contributed by atoms with E-state index in [0.717, 1.165) is 0 Å². The maximum Gasteiger partial charge on any atom is 1.00 e. The molecule has 66 valence electrons. The van der Waals surface area contributed by atoms with Crippen LogP contribution in [0.3, 0.4) is 0 Å².